The quantitative estimate of drug-likeness (QED) is 0.299. The summed E-state index contributed by atoms with van der Waals surface area (Å²) in [5, 5.41) is 18.4. The summed E-state index contributed by atoms with van der Waals surface area (Å²) in [5.41, 5.74) is 3.39. The Bertz CT molecular complexity index is 1170. The van der Waals surface area contributed by atoms with Gasteiger partial charge in [-0.05, 0) is 43.5 Å². The second kappa shape index (κ2) is 13.4. The molecule has 196 valence electrons. The Hall–Kier alpha value is -3.96. The summed E-state index contributed by atoms with van der Waals surface area (Å²) in [6.07, 6.45) is 5.05. The van der Waals surface area contributed by atoms with Gasteiger partial charge >= 0.3 is 6.09 Å². The fourth-order valence-electron chi connectivity index (χ4n) is 4.13. The molecule has 11 heteroatoms. The number of rotatable bonds is 13. The van der Waals surface area contributed by atoms with E-state index in [4.69, 9.17) is 19.3 Å². The Morgan fingerprint density at radius 3 is 2.70 bits per heavy atom. The van der Waals surface area contributed by atoms with Gasteiger partial charge in [0, 0.05) is 30.1 Å². The van der Waals surface area contributed by atoms with Crippen LogP contribution in [0.15, 0.2) is 54.9 Å². The van der Waals surface area contributed by atoms with Crippen LogP contribution in [0, 0.1) is 0 Å². The molecule has 1 unspecified atom stereocenters. The van der Waals surface area contributed by atoms with Gasteiger partial charge in [-0.3, -0.25) is 9.78 Å². The topological polar surface area (TPSA) is 137 Å². The summed E-state index contributed by atoms with van der Waals surface area (Å²) in [6, 6.07) is 12.9. The average Bonchev–Trinajstić information content (AvgIpc) is 3.35. The molecule has 2 heterocycles. The Kier molecular flexibility index (Phi) is 9.44. The zero-order valence-corrected chi connectivity index (χ0v) is 20.5. The molecule has 0 fully saturated rings. The van der Waals surface area contributed by atoms with E-state index >= 15 is 0 Å². The van der Waals surface area contributed by atoms with Gasteiger partial charge in [-0.15, -0.1) is 0 Å². The monoisotopic (exact) mass is 509 g/mol. The van der Waals surface area contributed by atoms with Gasteiger partial charge < -0.3 is 30.0 Å². The summed E-state index contributed by atoms with van der Waals surface area (Å²) >= 11 is 0. The van der Waals surface area contributed by atoms with Crippen LogP contribution in [0.25, 0.3) is 5.69 Å². The van der Waals surface area contributed by atoms with E-state index in [9.17, 15) is 9.59 Å². The van der Waals surface area contributed by atoms with Crippen LogP contribution in [0.1, 0.15) is 40.6 Å². The Labute approximate surface area is 214 Å². The van der Waals surface area contributed by atoms with Gasteiger partial charge in [0.15, 0.2) is 0 Å². The number of nitrogens with one attached hydrogen (secondary N) is 2. The van der Waals surface area contributed by atoms with Gasteiger partial charge in [0.25, 0.3) is 5.91 Å². The number of amides is 2. The van der Waals surface area contributed by atoms with Crippen molar-refractivity contribution in [3.8, 4) is 11.4 Å². The normalized spacial score (nSPS) is 14.5. The van der Waals surface area contributed by atoms with Crippen molar-refractivity contribution in [2.24, 2.45) is 0 Å². The smallest absolute Gasteiger partial charge is 0.404 e. The molecule has 1 aromatic carbocycles. The molecule has 2 aromatic heterocycles. The Morgan fingerprint density at radius 2 is 1.89 bits per heavy atom. The van der Waals surface area contributed by atoms with Gasteiger partial charge in [0.2, 0.25) is 0 Å². The average molecular weight is 510 g/mol. The maximum atomic E-state index is 12.6. The lowest BCUT2D eigenvalue weighted by Gasteiger charge is -2.24. The molecule has 3 N–H and O–H groups in total. The van der Waals surface area contributed by atoms with Gasteiger partial charge in [-0.2, -0.15) is 5.10 Å². The third-order valence-electron chi connectivity index (χ3n) is 5.84. The van der Waals surface area contributed by atoms with Crippen molar-refractivity contribution in [2.45, 2.75) is 25.3 Å². The van der Waals surface area contributed by atoms with Crippen LogP contribution in [-0.2, 0) is 15.9 Å². The lowest BCUT2D eigenvalue weighted by atomic mass is 9.92. The zero-order valence-electron chi connectivity index (χ0n) is 20.5. The van der Waals surface area contributed by atoms with E-state index in [-0.39, 0.29) is 18.5 Å². The number of hydrogen-bond acceptors (Lipinski definition) is 7. The van der Waals surface area contributed by atoms with Crippen molar-refractivity contribution >= 4 is 12.0 Å². The maximum absolute atomic E-state index is 12.6. The first kappa shape index (κ1) is 26.1. The zero-order chi connectivity index (χ0) is 25.9. The molecular weight excluding hydrogens is 478 g/mol. The highest BCUT2D eigenvalue weighted by Crippen LogP contribution is 2.31. The highest BCUT2D eigenvalue weighted by Gasteiger charge is 2.26. The lowest BCUT2D eigenvalue weighted by Crippen LogP contribution is -2.31. The van der Waals surface area contributed by atoms with Gasteiger partial charge in [-0.25, -0.2) is 9.48 Å². The number of pyridine rings is 1. The molecule has 0 bridgehead atoms. The Balaban J connectivity index is 1.26. The number of carboxylic acid groups (broad SMARTS) is 1. The second-order valence-electron chi connectivity index (χ2n) is 8.39. The summed E-state index contributed by atoms with van der Waals surface area (Å²) in [4.78, 5) is 27.1. The maximum Gasteiger partial charge on any atom is 0.404 e. The summed E-state index contributed by atoms with van der Waals surface area (Å²) in [7, 11) is 0. The number of fused-ring (bicyclic) bond motifs is 1. The molecular formula is C26H31N5O6. The molecule has 0 radical (unpaired) electrons. The van der Waals surface area contributed by atoms with E-state index in [1.165, 1.54) is 0 Å². The third-order valence-corrected chi connectivity index (χ3v) is 5.84. The first-order valence-corrected chi connectivity index (χ1v) is 12.3. The van der Waals surface area contributed by atoms with E-state index < -0.39 is 6.09 Å². The van der Waals surface area contributed by atoms with E-state index in [0.717, 1.165) is 36.2 Å². The molecule has 3 aromatic rings. The van der Waals surface area contributed by atoms with Crippen molar-refractivity contribution in [2.75, 3.05) is 39.6 Å². The van der Waals surface area contributed by atoms with Crippen LogP contribution in [0.5, 0.6) is 5.75 Å². The van der Waals surface area contributed by atoms with E-state index in [0.29, 0.717) is 44.5 Å². The predicted octanol–water partition coefficient (Wildman–Crippen LogP) is 2.75. The third kappa shape index (κ3) is 7.51. The summed E-state index contributed by atoms with van der Waals surface area (Å²) < 4.78 is 18.5. The molecule has 0 saturated heterocycles. The first-order chi connectivity index (χ1) is 18.1. The van der Waals surface area contributed by atoms with Crippen LogP contribution in [0.3, 0.4) is 0 Å². The minimum atomic E-state index is -1.07. The van der Waals surface area contributed by atoms with Crippen molar-refractivity contribution in [3.05, 3.63) is 71.8 Å². The standard InChI is InChI=1S/C26H31N5O6/c32-25(23-7-1-2-10-27-23)30-22-8-4-9-24-21(22)18-29-31(24)19-5-3-6-20(17-19)37-16-15-36-14-13-35-12-11-28-26(33)34/h1-3,5-7,10,17-18,22,28H,4,8-9,11-16H2,(H,30,32)(H,33,34). The van der Waals surface area contributed by atoms with Crippen LogP contribution < -0.4 is 15.4 Å². The fraction of sp³-hybridized carbons (Fsp3) is 0.385. The van der Waals surface area contributed by atoms with Crippen molar-refractivity contribution in [1.82, 2.24) is 25.4 Å². The lowest BCUT2D eigenvalue weighted by molar-refractivity contribution is 0.0373. The minimum Gasteiger partial charge on any atom is -0.491 e. The number of hydrogen-bond donors (Lipinski definition) is 3. The number of carbonyl (C=O) groups excluding carboxylic acids is 1. The molecule has 11 nitrogen and oxygen atoms in total. The molecule has 4 rings (SSSR count). The molecule has 1 atom stereocenters. The highest BCUT2D eigenvalue weighted by atomic mass is 16.5. The highest BCUT2D eigenvalue weighted by molar-refractivity contribution is 5.92. The van der Waals surface area contributed by atoms with Crippen LogP contribution in [-0.4, -0.2) is 71.5 Å². The second-order valence-corrected chi connectivity index (χ2v) is 8.39. The molecule has 0 aliphatic heterocycles. The van der Waals surface area contributed by atoms with Crippen molar-refractivity contribution in [3.63, 3.8) is 0 Å². The number of ether oxygens (including phenoxy) is 3. The van der Waals surface area contributed by atoms with Gasteiger partial charge in [0.1, 0.15) is 18.1 Å². The predicted molar refractivity (Wildman–Crippen MR) is 134 cm³/mol. The van der Waals surface area contributed by atoms with E-state index in [2.05, 4.69) is 20.7 Å². The number of benzene rings is 1. The molecule has 0 spiro atoms. The molecule has 1 aliphatic rings. The molecule has 0 saturated carbocycles. The fourth-order valence-corrected chi connectivity index (χ4v) is 4.13. The van der Waals surface area contributed by atoms with Gasteiger partial charge in [-0.1, -0.05) is 12.1 Å². The number of carbonyl (C=O) groups is 2. The molecule has 1 aliphatic carbocycles. The van der Waals surface area contributed by atoms with Gasteiger partial charge in [0.05, 0.1) is 44.4 Å². The van der Waals surface area contributed by atoms with Crippen LogP contribution >= 0.6 is 0 Å². The SMILES string of the molecule is O=C(O)NCCOCCOCCOc1cccc(-n2ncc3c2CCCC3NC(=O)c2ccccn2)c1. The van der Waals surface area contributed by atoms with Crippen molar-refractivity contribution < 1.29 is 28.9 Å². The minimum absolute atomic E-state index is 0.110. The van der Waals surface area contributed by atoms with Crippen molar-refractivity contribution in [1.29, 1.82) is 0 Å². The number of aromatic nitrogens is 3. The van der Waals surface area contributed by atoms with Crippen LogP contribution in [0.2, 0.25) is 0 Å². The largest absolute Gasteiger partial charge is 0.491 e. The first-order valence-electron chi connectivity index (χ1n) is 12.3. The summed E-state index contributed by atoms with van der Waals surface area (Å²) in [6.45, 7) is 2.10. The molecule has 37 heavy (non-hydrogen) atoms. The van der Waals surface area contributed by atoms with E-state index in [1.807, 2.05) is 35.1 Å². The number of nitrogens with zero attached hydrogens (tertiary/aromatic N) is 3. The Morgan fingerprint density at radius 1 is 1.05 bits per heavy atom. The van der Waals surface area contributed by atoms with E-state index in [1.54, 1.807) is 24.4 Å². The summed E-state index contributed by atoms with van der Waals surface area (Å²) in [5.74, 6) is 0.516. The molecule has 2 amide bonds. The van der Waals surface area contributed by atoms with Crippen LogP contribution in [0.4, 0.5) is 4.79 Å².